The number of ether oxygens (including phenoxy) is 1. The molecule has 98 valence electrons. The molecule has 0 bridgehead atoms. The van der Waals surface area contributed by atoms with Gasteiger partial charge in [0.2, 0.25) is 0 Å². The minimum Gasteiger partial charge on any atom is -0.508 e. The molecule has 1 aromatic carbocycles. The zero-order valence-electron chi connectivity index (χ0n) is 10.8. The first-order chi connectivity index (χ1) is 8.58. The number of aryl methyl sites for hydroxylation is 1. The third kappa shape index (κ3) is 2.82. The first-order valence-electron chi connectivity index (χ1n) is 6.30. The van der Waals surface area contributed by atoms with E-state index in [0.717, 1.165) is 25.0 Å². The van der Waals surface area contributed by atoms with Gasteiger partial charge in [-0.3, -0.25) is 4.79 Å². The summed E-state index contributed by atoms with van der Waals surface area (Å²) in [4.78, 5) is 12.1. The second-order valence-electron chi connectivity index (χ2n) is 4.81. The molecule has 4 heteroatoms. The topological polar surface area (TPSA) is 58.6 Å². The van der Waals surface area contributed by atoms with E-state index in [1.54, 1.807) is 12.1 Å². The molecule has 1 aliphatic rings. The van der Waals surface area contributed by atoms with Gasteiger partial charge in [0, 0.05) is 12.2 Å². The van der Waals surface area contributed by atoms with Gasteiger partial charge in [-0.15, -0.1) is 0 Å². The van der Waals surface area contributed by atoms with Gasteiger partial charge in [-0.25, -0.2) is 0 Å². The third-order valence-corrected chi connectivity index (χ3v) is 3.34. The van der Waals surface area contributed by atoms with Gasteiger partial charge in [-0.05, 0) is 50.5 Å². The summed E-state index contributed by atoms with van der Waals surface area (Å²) in [5, 5.41) is 12.3. The van der Waals surface area contributed by atoms with Crippen LogP contribution in [0, 0.1) is 6.92 Å². The van der Waals surface area contributed by atoms with Crippen LogP contribution in [0.15, 0.2) is 18.2 Å². The Morgan fingerprint density at radius 1 is 1.56 bits per heavy atom. The Labute approximate surface area is 107 Å². The lowest BCUT2D eigenvalue weighted by atomic mass is 10.1. The fourth-order valence-corrected chi connectivity index (χ4v) is 2.28. The third-order valence-electron chi connectivity index (χ3n) is 3.34. The summed E-state index contributed by atoms with van der Waals surface area (Å²) >= 11 is 0. The lowest BCUT2D eigenvalue weighted by Gasteiger charge is -2.20. The van der Waals surface area contributed by atoms with Crippen molar-refractivity contribution in [3.8, 4) is 5.75 Å². The molecule has 1 aliphatic heterocycles. The molecular formula is C14H19NO3. The second kappa shape index (κ2) is 5.40. The fraction of sp³-hybridized carbons (Fsp3) is 0.500. The summed E-state index contributed by atoms with van der Waals surface area (Å²) in [7, 11) is 0. The SMILES string of the molecule is Cc1cc(O)ccc1C(=O)NC(C)C1CCCO1. The smallest absolute Gasteiger partial charge is 0.251 e. The highest BCUT2D eigenvalue weighted by molar-refractivity contribution is 5.96. The number of rotatable bonds is 3. The van der Waals surface area contributed by atoms with Gasteiger partial charge in [0.05, 0.1) is 12.1 Å². The second-order valence-corrected chi connectivity index (χ2v) is 4.81. The average molecular weight is 249 g/mol. The van der Waals surface area contributed by atoms with E-state index in [2.05, 4.69) is 5.32 Å². The van der Waals surface area contributed by atoms with Crippen molar-refractivity contribution in [2.45, 2.75) is 38.8 Å². The Morgan fingerprint density at radius 3 is 2.94 bits per heavy atom. The number of carbonyl (C=O) groups is 1. The van der Waals surface area contributed by atoms with Crippen molar-refractivity contribution in [3.63, 3.8) is 0 Å². The predicted octanol–water partition coefficient (Wildman–Crippen LogP) is 2.00. The molecule has 2 atom stereocenters. The Bertz CT molecular complexity index is 439. The van der Waals surface area contributed by atoms with E-state index in [1.807, 2.05) is 13.8 Å². The maximum absolute atomic E-state index is 12.1. The van der Waals surface area contributed by atoms with E-state index >= 15 is 0 Å². The summed E-state index contributed by atoms with van der Waals surface area (Å²) < 4.78 is 5.55. The lowest BCUT2D eigenvalue weighted by molar-refractivity contribution is 0.0712. The van der Waals surface area contributed by atoms with E-state index in [9.17, 15) is 9.90 Å². The largest absolute Gasteiger partial charge is 0.508 e. The van der Waals surface area contributed by atoms with Crippen molar-refractivity contribution in [1.29, 1.82) is 0 Å². The van der Waals surface area contributed by atoms with Gasteiger partial charge < -0.3 is 15.2 Å². The summed E-state index contributed by atoms with van der Waals surface area (Å²) in [5.41, 5.74) is 1.37. The van der Waals surface area contributed by atoms with Crippen LogP contribution in [0.2, 0.25) is 0 Å². The van der Waals surface area contributed by atoms with Crippen molar-refractivity contribution < 1.29 is 14.6 Å². The Kier molecular flexibility index (Phi) is 3.87. The molecule has 4 nitrogen and oxygen atoms in total. The number of hydrogen-bond donors (Lipinski definition) is 2. The number of phenolic OH excluding ortho intramolecular Hbond substituents is 1. The molecule has 18 heavy (non-hydrogen) atoms. The predicted molar refractivity (Wildman–Crippen MR) is 68.7 cm³/mol. The number of aromatic hydroxyl groups is 1. The minimum absolute atomic E-state index is 0.00760. The molecule has 0 aliphatic carbocycles. The van der Waals surface area contributed by atoms with Gasteiger partial charge >= 0.3 is 0 Å². The van der Waals surface area contributed by atoms with Crippen LogP contribution in [-0.4, -0.2) is 29.8 Å². The van der Waals surface area contributed by atoms with Crippen molar-refractivity contribution in [3.05, 3.63) is 29.3 Å². The quantitative estimate of drug-likeness (QED) is 0.861. The Balaban J connectivity index is 2.02. The van der Waals surface area contributed by atoms with Crippen LogP contribution in [0.25, 0.3) is 0 Å². The van der Waals surface area contributed by atoms with Gasteiger partial charge in [-0.1, -0.05) is 0 Å². The van der Waals surface area contributed by atoms with Crippen LogP contribution in [0.3, 0.4) is 0 Å². The zero-order chi connectivity index (χ0) is 13.1. The molecule has 1 amide bonds. The van der Waals surface area contributed by atoms with Crippen molar-refractivity contribution in [2.75, 3.05) is 6.61 Å². The standard InChI is InChI=1S/C14H19NO3/c1-9-8-11(16)5-6-12(9)14(17)15-10(2)13-4-3-7-18-13/h5-6,8,10,13,16H,3-4,7H2,1-2H3,(H,15,17). The molecule has 2 N–H and O–H groups in total. The van der Waals surface area contributed by atoms with Crippen LogP contribution in [0.1, 0.15) is 35.7 Å². The Morgan fingerprint density at radius 2 is 2.33 bits per heavy atom. The van der Waals surface area contributed by atoms with Gasteiger partial charge in [0.25, 0.3) is 5.91 Å². The van der Waals surface area contributed by atoms with Crippen LogP contribution in [-0.2, 0) is 4.74 Å². The van der Waals surface area contributed by atoms with Crippen LogP contribution >= 0.6 is 0 Å². The number of hydrogen-bond acceptors (Lipinski definition) is 3. The maximum atomic E-state index is 12.1. The summed E-state index contributed by atoms with van der Waals surface area (Å²) in [6.07, 6.45) is 2.17. The molecule has 0 radical (unpaired) electrons. The first kappa shape index (κ1) is 12.9. The van der Waals surface area contributed by atoms with Crippen molar-refractivity contribution in [2.24, 2.45) is 0 Å². The highest BCUT2D eigenvalue weighted by Gasteiger charge is 2.24. The normalized spacial score (nSPS) is 20.7. The Hall–Kier alpha value is -1.55. The first-order valence-corrected chi connectivity index (χ1v) is 6.30. The molecule has 2 unspecified atom stereocenters. The number of benzene rings is 1. The molecule has 1 heterocycles. The van der Waals surface area contributed by atoms with Gasteiger partial charge in [0.1, 0.15) is 5.75 Å². The van der Waals surface area contributed by atoms with E-state index in [1.165, 1.54) is 6.07 Å². The molecule has 2 rings (SSSR count). The number of carbonyl (C=O) groups excluding carboxylic acids is 1. The molecule has 0 aromatic heterocycles. The van der Waals surface area contributed by atoms with Crippen LogP contribution < -0.4 is 5.32 Å². The molecule has 1 fully saturated rings. The summed E-state index contributed by atoms with van der Waals surface area (Å²) in [5.74, 6) is 0.0618. The highest BCUT2D eigenvalue weighted by Crippen LogP contribution is 2.18. The average Bonchev–Trinajstić information content (AvgIpc) is 2.81. The molecule has 1 aromatic rings. The van der Waals surface area contributed by atoms with Gasteiger partial charge in [-0.2, -0.15) is 0 Å². The maximum Gasteiger partial charge on any atom is 0.251 e. The molecule has 0 saturated carbocycles. The van der Waals surface area contributed by atoms with Crippen LogP contribution in [0.5, 0.6) is 5.75 Å². The van der Waals surface area contributed by atoms with Gasteiger partial charge in [0.15, 0.2) is 0 Å². The van der Waals surface area contributed by atoms with E-state index in [0.29, 0.717) is 5.56 Å². The highest BCUT2D eigenvalue weighted by atomic mass is 16.5. The molecular weight excluding hydrogens is 230 g/mol. The fourth-order valence-electron chi connectivity index (χ4n) is 2.28. The monoisotopic (exact) mass is 249 g/mol. The molecule has 1 saturated heterocycles. The van der Waals surface area contributed by atoms with E-state index in [4.69, 9.17) is 4.74 Å². The van der Waals surface area contributed by atoms with E-state index < -0.39 is 0 Å². The number of phenols is 1. The summed E-state index contributed by atoms with van der Waals surface area (Å²) in [6, 6.07) is 4.76. The number of amides is 1. The minimum atomic E-state index is -0.115. The van der Waals surface area contributed by atoms with Crippen molar-refractivity contribution >= 4 is 5.91 Å². The zero-order valence-corrected chi connectivity index (χ0v) is 10.8. The van der Waals surface area contributed by atoms with Crippen LogP contribution in [0.4, 0.5) is 0 Å². The lowest BCUT2D eigenvalue weighted by Crippen LogP contribution is -2.41. The molecule has 0 spiro atoms. The summed E-state index contributed by atoms with van der Waals surface area (Å²) in [6.45, 7) is 4.55. The van der Waals surface area contributed by atoms with Crippen molar-refractivity contribution in [1.82, 2.24) is 5.32 Å². The number of nitrogens with one attached hydrogen (secondary N) is 1. The van der Waals surface area contributed by atoms with E-state index in [-0.39, 0.29) is 23.8 Å².